The second-order valence-electron chi connectivity index (χ2n) is 5.46. The molecular formula is C16H21Cl2N3O2S2. The normalized spacial score (nSPS) is 18.9. The number of aromatic nitrogens is 1. The molecule has 3 rings (SSSR count). The van der Waals surface area contributed by atoms with Gasteiger partial charge in [-0.3, -0.25) is 4.79 Å². The lowest BCUT2D eigenvalue weighted by atomic mass is 10.1. The van der Waals surface area contributed by atoms with Crippen molar-refractivity contribution >= 4 is 53.8 Å². The van der Waals surface area contributed by atoms with Crippen LogP contribution in [0.25, 0.3) is 0 Å². The Hall–Kier alpha value is -0.830. The molecule has 2 aromatic rings. The van der Waals surface area contributed by atoms with Crippen LogP contribution in [0.1, 0.15) is 16.1 Å². The summed E-state index contributed by atoms with van der Waals surface area (Å²) in [6.07, 6.45) is -0.385. The Bertz CT molecular complexity index is 659. The molecular weight excluding hydrogens is 401 g/mol. The summed E-state index contributed by atoms with van der Waals surface area (Å²) in [4.78, 5) is 17.7. The minimum atomic E-state index is -0.385. The molecule has 1 fully saturated rings. The third-order valence-electron chi connectivity index (χ3n) is 3.82. The van der Waals surface area contributed by atoms with E-state index in [1.165, 1.54) is 0 Å². The van der Waals surface area contributed by atoms with Crippen molar-refractivity contribution < 1.29 is 9.90 Å². The van der Waals surface area contributed by atoms with E-state index in [1.807, 2.05) is 35.2 Å². The number of carbonyl (C=O) groups is 1. The van der Waals surface area contributed by atoms with E-state index in [9.17, 15) is 9.90 Å². The Morgan fingerprint density at radius 3 is 2.84 bits per heavy atom. The van der Waals surface area contributed by atoms with Gasteiger partial charge in [0, 0.05) is 41.6 Å². The van der Waals surface area contributed by atoms with Crippen LogP contribution in [0.2, 0.25) is 0 Å². The summed E-state index contributed by atoms with van der Waals surface area (Å²) in [5, 5.41) is 17.9. The van der Waals surface area contributed by atoms with Crippen molar-refractivity contribution in [1.82, 2.24) is 15.6 Å². The number of thiazole rings is 1. The zero-order chi connectivity index (χ0) is 16.1. The molecule has 1 aromatic carbocycles. The van der Waals surface area contributed by atoms with Crippen molar-refractivity contribution in [3.8, 4) is 0 Å². The van der Waals surface area contributed by atoms with Crippen molar-refractivity contribution in [1.29, 1.82) is 0 Å². The molecule has 5 nitrogen and oxygen atoms in total. The first kappa shape index (κ1) is 22.2. The van der Waals surface area contributed by atoms with Gasteiger partial charge in [0.05, 0.1) is 22.9 Å². The molecule has 2 heterocycles. The molecule has 0 radical (unpaired) electrons. The zero-order valence-corrected chi connectivity index (χ0v) is 16.6. The van der Waals surface area contributed by atoms with Gasteiger partial charge >= 0.3 is 0 Å². The van der Waals surface area contributed by atoms with Gasteiger partial charge in [0.15, 0.2) is 0 Å². The van der Waals surface area contributed by atoms with Crippen LogP contribution in [0.5, 0.6) is 0 Å². The third kappa shape index (κ3) is 6.13. The Morgan fingerprint density at radius 1 is 1.36 bits per heavy atom. The number of carbonyl (C=O) groups excluding carboxylic acids is 1. The van der Waals surface area contributed by atoms with E-state index in [0.29, 0.717) is 18.7 Å². The zero-order valence-electron chi connectivity index (χ0n) is 13.4. The molecule has 25 heavy (non-hydrogen) atoms. The first-order valence-electron chi connectivity index (χ1n) is 7.50. The first-order chi connectivity index (χ1) is 11.2. The van der Waals surface area contributed by atoms with Crippen LogP contribution in [0.4, 0.5) is 0 Å². The SMILES string of the molecule is Cl.Cl.O=C(NCC1CNCC1O)c1ccccc1SCc1cscn1. The van der Waals surface area contributed by atoms with Crippen LogP contribution >= 0.6 is 47.9 Å². The van der Waals surface area contributed by atoms with Gasteiger partial charge in [-0.05, 0) is 12.1 Å². The van der Waals surface area contributed by atoms with Gasteiger partial charge in [-0.25, -0.2) is 4.98 Å². The molecule has 0 spiro atoms. The molecule has 1 aliphatic rings. The van der Waals surface area contributed by atoms with E-state index in [0.717, 1.165) is 22.9 Å². The van der Waals surface area contributed by atoms with Crippen LogP contribution in [0.3, 0.4) is 0 Å². The van der Waals surface area contributed by atoms with Crippen molar-refractivity contribution in [3.05, 3.63) is 46.4 Å². The molecule has 9 heteroatoms. The molecule has 1 aliphatic heterocycles. The predicted octanol–water partition coefficient (Wildman–Crippen LogP) is 2.59. The molecule has 0 aliphatic carbocycles. The van der Waals surface area contributed by atoms with Gasteiger partial charge in [0.25, 0.3) is 5.91 Å². The lowest BCUT2D eigenvalue weighted by Crippen LogP contribution is -2.34. The van der Waals surface area contributed by atoms with Crippen LogP contribution < -0.4 is 10.6 Å². The average molecular weight is 422 g/mol. The highest BCUT2D eigenvalue weighted by molar-refractivity contribution is 7.98. The fraction of sp³-hybridized carbons (Fsp3) is 0.375. The Morgan fingerprint density at radius 2 is 2.16 bits per heavy atom. The van der Waals surface area contributed by atoms with Gasteiger partial charge in [-0.1, -0.05) is 12.1 Å². The Balaban J connectivity index is 0.00000156. The number of nitrogens with zero attached hydrogens (tertiary/aromatic N) is 1. The van der Waals surface area contributed by atoms with Gasteiger partial charge in [-0.2, -0.15) is 0 Å². The summed E-state index contributed by atoms with van der Waals surface area (Å²) in [6.45, 7) is 1.82. The largest absolute Gasteiger partial charge is 0.391 e. The first-order valence-corrected chi connectivity index (χ1v) is 9.43. The number of benzene rings is 1. The number of hydrogen-bond donors (Lipinski definition) is 3. The number of rotatable bonds is 6. The molecule has 1 amide bonds. The van der Waals surface area contributed by atoms with E-state index >= 15 is 0 Å². The number of aliphatic hydroxyl groups is 1. The third-order valence-corrected chi connectivity index (χ3v) is 5.56. The smallest absolute Gasteiger partial charge is 0.252 e. The Kier molecular flexibility index (Phi) is 9.78. The van der Waals surface area contributed by atoms with Crippen LogP contribution in [-0.2, 0) is 5.75 Å². The minimum Gasteiger partial charge on any atom is -0.391 e. The fourth-order valence-corrected chi connectivity index (χ4v) is 4.10. The summed E-state index contributed by atoms with van der Waals surface area (Å²) in [7, 11) is 0. The monoisotopic (exact) mass is 421 g/mol. The van der Waals surface area contributed by atoms with Gasteiger partial charge in [0.1, 0.15) is 0 Å². The van der Waals surface area contributed by atoms with Crippen molar-refractivity contribution in [2.75, 3.05) is 19.6 Å². The predicted molar refractivity (Wildman–Crippen MR) is 107 cm³/mol. The van der Waals surface area contributed by atoms with Gasteiger partial charge in [-0.15, -0.1) is 47.9 Å². The summed E-state index contributed by atoms with van der Waals surface area (Å²) in [5.74, 6) is 0.734. The van der Waals surface area contributed by atoms with Crippen molar-refractivity contribution in [2.45, 2.75) is 16.8 Å². The minimum absolute atomic E-state index is 0. The van der Waals surface area contributed by atoms with E-state index in [1.54, 1.807) is 23.1 Å². The lowest BCUT2D eigenvalue weighted by Gasteiger charge is -2.15. The second kappa shape index (κ2) is 11.0. The van der Waals surface area contributed by atoms with E-state index < -0.39 is 0 Å². The molecule has 2 atom stereocenters. The molecule has 2 unspecified atom stereocenters. The molecule has 3 N–H and O–H groups in total. The Labute approximate surface area is 167 Å². The molecule has 0 bridgehead atoms. The number of β-amino-alcohol motifs (C(OH)–C–C–N with tert-alkyl or cyclic N) is 1. The van der Waals surface area contributed by atoms with Crippen molar-refractivity contribution in [3.63, 3.8) is 0 Å². The van der Waals surface area contributed by atoms with Crippen molar-refractivity contribution in [2.24, 2.45) is 5.92 Å². The topological polar surface area (TPSA) is 74.2 Å². The fourth-order valence-electron chi connectivity index (χ4n) is 2.49. The number of nitrogens with one attached hydrogen (secondary N) is 2. The summed E-state index contributed by atoms with van der Waals surface area (Å²) < 4.78 is 0. The second-order valence-corrected chi connectivity index (χ2v) is 7.20. The van der Waals surface area contributed by atoms with E-state index in [2.05, 4.69) is 15.6 Å². The molecule has 0 saturated carbocycles. The van der Waals surface area contributed by atoms with Gasteiger partial charge < -0.3 is 15.7 Å². The number of amides is 1. The number of halogens is 2. The van der Waals surface area contributed by atoms with E-state index in [-0.39, 0.29) is 42.7 Å². The number of thioether (sulfide) groups is 1. The van der Waals surface area contributed by atoms with E-state index in [4.69, 9.17) is 0 Å². The maximum absolute atomic E-state index is 12.5. The maximum atomic E-state index is 12.5. The highest BCUT2D eigenvalue weighted by atomic mass is 35.5. The number of hydrogen-bond acceptors (Lipinski definition) is 6. The number of aliphatic hydroxyl groups excluding tert-OH is 1. The van der Waals surface area contributed by atoms with Crippen LogP contribution in [0, 0.1) is 5.92 Å². The molecule has 1 aromatic heterocycles. The maximum Gasteiger partial charge on any atom is 0.252 e. The lowest BCUT2D eigenvalue weighted by molar-refractivity contribution is 0.0924. The van der Waals surface area contributed by atoms with Gasteiger partial charge in [0.2, 0.25) is 0 Å². The van der Waals surface area contributed by atoms with Crippen LogP contribution in [-0.4, -0.2) is 41.7 Å². The quantitative estimate of drug-likeness (QED) is 0.624. The summed E-state index contributed by atoms with van der Waals surface area (Å²) in [5.41, 5.74) is 3.51. The molecule has 1 saturated heterocycles. The molecule has 138 valence electrons. The summed E-state index contributed by atoms with van der Waals surface area (Å²) in [6, 6.07) is 7.60. The average Bonchev–Trinajstić information content (AvgIpc) is 3.22. The standard InChI is InChI=1S/C16H19N3O2S2.2ClH/c20-14-7-17-5-11(14)6-18-16(21)13-3-1-2-4-15(13)23-9-12-8-22-10-19-12;;/h1-4,8,10-11,14,17,20H,5-7,9H2,(H,18,21);2*1H. The summed E-state index contributed by atoms with van der Waals surface area (Å²) >= 11 is 3.19. The van der Waals surface area contributed by atoms with Crippen LogP contribution in [0.15, 0.2) is 40.1 Å². The highest BCUT2D eigenvalue weighted by Gasteiger charge is 2.25. The highest BCUT2D eigenvalue weighted by Crippen LogP contribution is 2.26.